The number of rotatable bonds is 2. The van der Waals surface area contributed by atoms with Crippen LogP contribution in [-0.4, -0.2) is 31.2 Å². The van der Waals surface area contributed by atoms with E-state index >= 15 is 0 Å². The molecule has 0 bridgehead atoms. The van der Waals surface area contributed by atoms with Crippen LogP contribution in [0, 0.1) is 6.20 Å². The number of hydrogen-bond acceptors (Lipinski definition) is 3. The summed E-state index contributed by atoms with van der Waals surface area (Å²) in [4.78, 5) is 0. The van der Waals surface area contributed by atoms with Gasteiger partial charge < -0.3 is 9.75 Å². The quantitative estimate of drug-likeness (QED) is 0.706. The molecule has 0 N–H and O–H groups in total. The number of ether oxygens (including phenoxy) is 1. The SMILES string of the molecule is C=C1C(OC)=CC(C)=[C-]N1N(C)C.[Y]. The maximum Gasteiger partial charge on any atom is 0.0744 e. The summed E-state index contributed by atoms with van der Waals surface area (Å²) in [5.41, 5.74) is 1.83. The van der Waals surface area contributed by atoms with E-state index in [9.17, 15) is 0 Å². The van der Waals surface area contributed by atoms with Gasteiger partial charge in [-0.05, 0) is 5.70 Å². The third-order valence-electron chi connectivity index (χ3n) is 1.79. The molecular weight excluding hydrogens is 253 g/mol. The second-order valence-corrected chi connectivity index (χ2v) is 3.11. The van der Waals surface area contributed by atoms with Crippen molar-refractivity contribution in [2.24, 2.45) is 0 Å². The molecule has 0 fully saturated rings. The Kier molecular flexibility index (Phi) is 5.64. The van der Waals surface area contributed by atoms with Crippen LogP contribution in [0.15, 0.2) is 29.7 Å². The molecule has 0 saturated heterocycles. The first kappa shape index (κ1) is 13.9. The summed E-state index contributed by atoms with van der Waals surface area (Å²) >= 11 is 0. The summed E-state index contributed by atoms with van der Waals surface area (Å²) in [6.45, 7) is 5.89. The van der Waals surface area contributed by atoms with Gasteiger partial charge in [0.2, 0.25) is 0 Å². The number of hydrazine groups is 1. The Morgan fingerprint density at radius 2 is 2.07 bits per heavy atom. The normalized spacial score (nSPS) is 16.1. The molecule has 0 amide bonds. The van der Waals surface area contributed by atoms with E-state index < -0.39 is 0 Å². The predicted octanol–water partition coefficient (Wildman–Crippen LogP) is 1.53. The molecule has 1 radical (unpaired) electrons. The van der Waals surface area contributed by atoms with E-state index in [1.807, 2.05) is 37.1 Å². The monoisotopic (exact) mass is 268 g/mol. The fourth-order valence-electron chi connectivity index (χ4n) is 1.17. The molecule has 0 aliphatic carbocycles. The van der Waals surface area contributed by atoms with Crippen molar-refractivity contribution in [3.05, 3.63) is 35.9 Å². The fraction of sp³-hybridized carbons (Fsp3) is 0.400. The van der Waals surface area contributed by atoms with Crippen LogP contribution in [0.5, 0.6) is 0 Å². The summed E-state index contributed by atoms with van der Waals surface area (Å²) in [6, 6.07) is 0. The van der Waals surface area contributed by atoms with E-state index in [4.69, 9.17) is 4.74 Å². The van der Waals surface area contributed by atoms with E-state index in [1.54, 1.807) is 7.11 Å². The topological polar surface area (TPSA) is 15.7 Å². The van der Waals surface area contributed by atoms with Crippen LogP contribution in [0.3, 0.4) is 0 Å². The summed E-state index contributed by atoms with van der Waals surface area (Å²) in [5, 5.41) is 3.73. The van der Waals surface area contributed by atoms with Crippen molar-refractivity contribution >= 4 is 0 Å². The Morgan fingerprint density at radius 3 is 2.50 bits per heavy atom. The molecule has 0 aromatic heterocycles. The molecular formula is C10H15N2OY-. The predicted molar refractivity (Wildman–Crippen MR) is 52.2 cm³/mol. The van der Waals surface area contributed by atoms with E-state index in [-0.39, 0.29) is 32.7 Å². The molecule has 1 rings (SSSR count). The first-order chi connectivity index (χ1) is 6.06. The van der Waals surface area contributed by atoms with Crippen LogP contribution in [0.1, 0.15) is 6.92 Å². The van der Waals surface area contributed by atoms with Gasteiger partial charge in [-0.3, -0.25) is 0 Å². The maximum absolute atomic E-state index is 5.19. The third kappa shape index (κ3) is 2.94. The Hall–Kier alpha value is -0.116. The zero-order valence-corrected chi connectivity index (χ0v) is 12.0. The molecule has 1 aliphatic heterocycles. The van der Waals surface area contributed by atoms with Crippen molar-refractivity contribution in [2.45, 2.75) is 6.92 Å². The molecule has 4 heteroatoms. The van der Waals surface area contributed by atoms with Crippen molar-refractivity contribution in [2.75, 3.05) is 21.2 Å². The van der Waals surface area contributed by atoms with Gasteiger partial charge in [0, 0.05) is 52.6 Å². The first-order valence-corrected chi connectivity index (χ1v) is 4.08. The Labute approximate surface area is 111 Å². The van der Waals surface area contributed by atoms with E-state index in [0.717, 1.165) is 17.0 Å². The standard InChI is InChI=1S/C10H15N2O.Y/c1-8-6-10(13-5)9(2)12(7-8)11(3)4;/h6H,2H2,1,3-5H3;/q-1;. The second-order valence-electron chi connectivity index (χ2n) is 3.11. The van der Waals surface area contributed by atoms with Crippen LogP contribution >= 0.6 is 0 Å². The van der Waals surface area contributed by atoms with Crippen LogP contribution < -0.4 is 0 Å². The van der Waals surface area contributed by atoms with E-state index in [0.29, 0.717) is 0 Å². The van der Waals surface area contributed by atoms with Crippen molar-refractivity contribution < 1.29 is 37.4 Å². The van der Waals surface area contributed by atoms with Gasteiger partial charge in [0.15, 0.2) is 0 Å². The van der Waals surface area contributed by atoms with Gasteiger partial charge in [0.05, 0.1) is 7.11 Å². The van der Waals surface area contributed by atoms with Gasteiger partial charge in [-0.2, -0.15) is 0 Å². The van der Waals surface area contributed by atoms with Gasteiger partial charge in [-0.1, -0.05) is 13.1 Å². The molecule has 75 valence electrons. The molecule has 0 atom stereocenters. The number of nitrogens with zero attached hydrogens (tertiary/aromatic N) is 2. The average Bonchev–Trinajstić information content (AvgIpc) is 2.08. The van der Waals surface area contributed by atoms with Crippen molar-refractivity contribution in [1.29, 1.82) is 0 Å². The molecule has 0 aromatic carbocycles. The summed E-state index contributed by atoms with van der Waals surface area (Å²) in [6.07, 6.45) is 5.07. The molecule has 1 aliphatic rings. The third-order valence-corrected chi connectivity index (χ3v) is 1.79. The molecule has 14 heavy (non-hydrogen) atoms. The fourth-order valence-corrected chi connectivity index (χ4v) is 1.17. The molecule has 0 saturated carbocycles. The summed E-state index contributed by atoms with van der Waals surface area (Å²) in [5.74, 6) is 0.782. The van der Waals surface area contributed by atoms with Crippen LogP contribution in [0.2, 0.25) is 0 Å². The zero-order valence-electron chi connectivity index (χ0n) is 9.16. The van der Waals surface area contributed by atoms with Crippen LogP contribution in [0.25, 0.3) is 0 Å². The molecule has 0 spiro atoms. The largest absolute Gasteiger partial charge is 0.520 e. The first-order valence-electron chi connectivity index (χ1n) is 4.08. The summed E-state index contributed by atoms with van der Waals surface area (Å²) in [7, 11) is 5.51. The number of methoxy groups -OCH3 is 1. The molecule has 3 nitrogen and oxygen atoms in total. The smallest absolute Gasteiger partial charge is 0.0744 e. The average molecular weight is 268 g/mol. The van der Waals surface area contributed by atoms with Gasteiger partial charge in [0.25, 0.3) is 0 Å². The van der Waals surface area contributed by atoms with Crippen LogP contribution in [0.4, 0.5) is 0 Å². The Bertz CT molecular complexity index is 282. The minimum atomic E-state index is 0. The van der Waals surface area contributed by atoms with Gasteiger partial charge in [-0.25, -0.2) is 5.01 Å². The summed E-state index contributed by atoms with van der Waals surface area (Å²) < 4.78 is 5.19. The molecule has 0 unspecified atom stereocenters. The van der Waals surface area contributed by atoms with Crippen molar-refractivity contribution in [1.82, 2.24) is 10.0 Å². The Morgan fingerprint density at radius 1 is 1.50 bits per heavy atom. The Balaban J connectivity index is 0.00000169. The minimum absolute atomic E-state index is 0. The van der Waals surface area contributed by atoms with Gasteiger partial charge in [-0.15, -0.1) is 18.2 Å². The van der Waals surface area contributed by atoms with E-state index in [1.165, 1.54) is 0 Å². The zero-order chi connectivity index (χ0) is 10.0. The second kappa shape index (κ2) is 5.69. The maximum atomic E-state index is 5.19. The van der Waals surface area contributed by atoms with Crippen molar-refractivity contribution in [3.8, 4) is 0 Å². The molecule has 1 heterocycles. The van der Waals surface area contributed by atoms with Crippen molar-refractivity contribution in [3.63, 3.8) is 0 Å². The minimum Gasteiger partial charge on any atom is -0.520 e. The van der Waals surface area contributed by atoms with Gasteiger partial charge >= 0.3 is 0 Å². The van der Waals surface area contributed by atoms with Gasteiger partial charge in [0.1, 0.15) is 0 Å². The van der Waals surface area contributed by atoms with Crippen LogP contribution in [-0.2, 0) is 37.4 Å². The number of hydrogen-bond donors (Lipinski definition) is 0. The number of allylic oxidation sites excluding steroid dienone is 2. The van der Waals surface area contributed by atoms with E-state index in [2.05, 4.69) is 12.8 Å². The molecule has 0 aromatic rings.